The van der Waals surface area contributed by atoms with Gasteiger partial charge in [0, 0.05) is 51.4 Å². The van der Waals surface area contributed by atoms with Crippen LogP contribution in [0.4, 0.5) is 5.69 Å². The van der Waals surface area contributed by atoms with Crippen molar-refractivity contribution < 1.29 is 9.53 Å². The summed E-state index contributed by atoms with van der Waals surface area (Å²) < 4.78 is 5.35. The second-order valence-corrected chi connectivity index (χ2v) is 8.29. The number of piperidine rings is 1. The zero-order chi connectivity index (χ0) is 21.2. The average molecular weight is 543 g/mol. The summed E-state index contributed by atoms with van der Waals surface area (Å²) >= 11 is 0. The topological polar surface area (TPSA) is 69.2 Å². The van der Waals surface area contributed by atoms with E-state index in [1.165, 1.54) is 12.8 Å². The van der Waals surface area contributed by atoms with Gasteiger partial charge < -0.3 is 20.3 Å². The van der Waals surface area contributed by atoms with Crippen LogP contribution >= 0.6 is 24.0 Å². The lowest BCUT2D eigenvalue weighted by atomic mass is 10.00. The number of amides is 1. The summed E-state index contributed by atoms with van der Waals surface area (Å²) in [5, 5.41) is 6.46. The average Bonchev–Trinajstić information content (AvgIpc) is 2.77. The summed E-state index contributed by atoms with van der Waals surface area (Å²) in [4.78, 5) is 21.8. The van der Waals surface area contributed by atoms with E-state index in [4.69, 9.17) is 9.73 Å². The van der Waals surface area contributed by atoms with Gasteiger partial charge in [0.25, 0.3) is 0 Å². The molecule has 1 aromatic carbocycles. The standard InChI is InChI=1S/C23H37N5O2.HI/c1-3-24-23(28-11-7-19(2)8-12-28)25-18-20-5-4-6-21(17-20)26-22(29)9-10-27-13-15-30-16-14-27;/h4-6,17,19H,3,7-16,18H2,1-2H3,(H,24,25)(H,26,29);1H. The van der Waals surface area contributed by atoms with Gasteiger partial charge in [-0.2, -0.15) is 0 Å². The van der Waals surface area contributed by atoms with Crippen molar-refractivity contribution in [1.29, 1.82) is 0 Å². The molecule has 2 aliphatic heterocycles. The fourth-order valence-electron chi connectivity index (χ4n) is 3.87. The predicted octanol–water partition coefficient (Wildman–Crippen LogP) is 3.16. The summed E-state index contributed by atoms with van der Waals surface area (Å²) in [7, 11) is 0. The Morgan fingerprint density at radius 2 is 1.94 bits per heavy atom. The Labute approximate surface area is 204 Å². The van der Waals surface area contributed by atoms with E-state index in [0.717, 1.165) is 75.6 Å². The first-order valence-electron chi connectivity index (χ1n) is 11.4. The van der Waals surface area contributed by atoms with Crippen LogP contribution < -0.4 is 10.6 Å². The summed E-state index contributed by atoms with van der Waals surface area (Å²) in [6.45, 7) is 12.1. The molecule has 2 aliphatic rings. The van der Waals surface area contributed by atoms with Crippen LogP contribution in [0.5, 0.6) is 0 Å². The Morgan fingerprint density at radius 3 is 2.65 bits per heavy atom. The monoisotopic (exact) mass is 543 g/mol. The van der Waals surface area contributed by atoms with E-state index >= 15 is 0 Å². The highest BCUT2D eigenvalue weighted by atomic mass is 127. The zero-order valence-corrected chi connectivity index (χ0v) is 21.3. The van der Waals surface area contributed by atoms with E-state index in [0.29, 0.717) is 13.0 Å². The highest BCUT2D eigenvalue weighted by Crippen LogP contribution is 2.17. The number of carbonyl (C=O) groups excluding carboxylic acids is 1. The van der Waals surface area contributed by atoms with Gasteiger partial charge in [0.1, 0.15) is 0 Å². The van der Waals surface area contributed by atoms with Crippen molar-refractivity contribution in [1.82, 2.24) is 15.1 Å². The number of rotatable bonds is 7. The molecule has 1 amide bonds. The van der Waals surface area contributed by atoms with Gasteiger partial charge in [-0.05, 0) is 43.4 Å². The first kappa shape index (κ1) is 25.9. The fraction of sp³-hybridized carbons (Fsp3) is 0.652. The van der Waals surface area contributed by atoms with Gasteiger partial charge in [0.15, 0.2) is 5.96 Å². The van der Waals surface area contributed by atoms with Crippen LogP contribution in [0.3, 0.4) is 0 Å². The van der Waals surface area contributed by atoms with Crippen LogP contribution in [0.25, 0.3) is 0 Å². The molecule has 2 heterocycles. The molecule has 7 nitrogen and oxygen atoms in total. The maximum Gasteiger partial charge on any atom is 0.225 e. The summed E-state index contributed by atoms with van der Waals surface area (Å²) in [6.07, 6.45) is 2.94. The number of halogens is 1. The van der Waals surface area contributed by atoms with Gasteiger partial charge in [-0.15, -0.1) is 24.0 Å². The first-order valence-corrected chi connectivity index (χ1v) is 11.4. The third-order valence-corrected chi connectivity index (χ3v) is 5.80. The SMILES string of the molecule is CCNC(=NCc1cccc(NC(=O)CCN2CCOCC2)c1)N1CCC(C)CC1.I. The largest absolute Gasteiger partial charge is 0.379 e. The van der Waals surface area contributed by atoms with E-state index in [-0.39, 0.29) is 29.9 Å². The molecular formula is C23H38IN5O2. The van der Waals surface area contributed by atoms with Crippen LogP contribution in [0, 0.1) is 5.92 Å². The van der Waals surface area contributed by atoms with E-state index in [1.807, 2.05) is 18.2 Å². The molecule has 0 radical (unpaired) electrons. The number of guanidine groups is 1. The highest BCUT2D eigenvalue weighted by Gasteiger charge is 2.18. The third kappa shape index (κ3) is 8.94. The minimum absolute atomic E-state index is 0. The lowest BCUT2D eigenvalue weighted by Gasteiger charge is -2.33. The number of anilines is 1. The molecule has 0 unspecified atom stereocenters. The van der Waals surface area contributed by atoms with Crippen molar-refractivity contribution in [2.75, 3.05) is 57.8 Å². The smallest absolute Gasteiger partial charge is 0.225 e. The van der Waals surface area contributed by atoms with Crippen LogP contribution in [-0.2, 0) is 16.1 Å². The first-order chi connectivity index (χ1) is 14.6. The van der Waals surface area contributed by atoms with E-state index in [9.17, 15) is 4.79 Å². The Hall–Kier alpha value is -1.39. The van der Waals surface area contributed by atoms with Crippen molar-refractivity contribution >= 4 is 41.5 Å². The van der Waals surface area contributed by atoms with Crippen molar-refractivity contribution in [3.63, 3.8) is 0 Å². The number of ether oxygens (including phenoxy) is 1. The molecule has 174 valence electrons. The lowest BCUT2D eigenvalue weighted by molar-refractivity contribution is -0.116. The minimum Gasteiger partial charge on any atom is -0.379 e. The van der Waals surface area contributed by atoms with Crippen molar-refractivity contribution in [3.05, 3.63) is 29.8 Å². The number of morpholine rings is 1. The molecule has 31 heavy (non-hydrogen) atoms. The molecule has 2 fully saturated rings. The summed E-state index contributed by atoms with van der Waals surface area (Å²) in [5.74, 6) is 1.84. The molecule has 2 N–H and O–H groups in total. The van der Waals surface area contributed by atoms with Gasteiger partial charge in [-0.1, -0.05) is 19.1 Å². The zero-order valence-electron chi connectivity index (χ0n) is 18.9. The molecule has 1 aromatic rings. The van der Waals surface area contributed by atoms with Crippen LogP contribution in [0.15, 0.2) is 29.3 Å². The molecule has 0 saturated carbocycles. The quantitative estimate of drug-likeness (QED) is 0.314. The summed E-state index contributed by atoms with van der Waals surface area (Å²) in [5.41, 5.74) is 1.94. The van der Waals surface area contributed by atoms with Gasteiger partial charge in [-0.25, -0.2) is 4.99 Å². The van der Waals surface area contributed by atoms with Gasteiger partial charge in [-0.3, -0.25) is 9.69 Å². The number of benzene rings is 1. The van der Waals surface area contributed by atoms with Gasteiger partial charge >= 0.3 is 0 Å². The number of aliphatic imine (C=N–C) groups is 1. The molecule has 0 aromatic heterocycles. The van der Waals surface area contributed by atoms with E-state index in [1.54, 1.807) is 0 Å². The Kier molecular flexibility index (Phi) is 11.6. The Bertz CT molecular complexity index is 701. The normalized spacial score (nSPS) is 18.4. The number of hydrogen-bond acceptors (Lipinski definition) is 4. The highest BCUT2D eigenvalue weighted by molar-refractivity contribution is 14.0. The second-order valence-electron chi connectivity index (χ2n) is 8.29. The number of nitrogens with zero attached hydrogens (tertiary/aromatic N) is 3. The number of likely N-dealkylation sites (tertiary alicyclic amines) is 1. The number of nitrogens with one attached hydrogen (secondary N) is 2. The van der Waals surface area contributed by atoms with Crippen molar-refractivity contribution in [3.8, 4) is 0 Å². The maximum absolute atomic E-state index is 12.3. The molecular weight excluding hydrogens is 505 g/mol. The fourth-order valence-corrected chi connectivity index (χ4v) is 3.87. The van der Waals surface area contributed by atoms with Crippen LogP contribution in [-0.4, -0.2) is 74.1 Å². The second kappa shape index (κ2) is 13.9. The Morgan fingerprint density at radius 1 is 1.19 bits per heavy atom. The van der Waals surface area contributed by atoms with Gasteiger partial charge in [0.05, 0.1) is 19.8 Å². The minimum atomic E-state index is 0. The molecule has 3 rings (SSSR count). The van der Waals surface area contributed by atoms with Crippen molar-refractivity contribution in [2.24, 2.45) is 10.9 Å². The number of carbonyl (C=O) groups is 1. The lowest BCUT2D eigenvalue weighted by Crippen LogP contribution is -2.45. The molecule has 0 atom stereocenters. The van der Waals surface area contributed by atoms with E-state index in [2.05, 4.69) is 40.3 Å². The van der Waals surface area contributed by atoms with Crippen molar-refractivity contribution in [2.45, 2.75) is 39.7 Å². The van der Waals surface area contributed by atoms with Crippen LogP contribution in [0.2, 0.25) is 0 Å². The third-order valence-electron chi connectivity index (χ3n) is 5.80. The van der Waals surface area contributed by atoms with E-state index < -0.39 is 0 Å². The molecule has 8 heteroatoms. The molecule has 0 aliphatic carbocycles. The summed E-state index contributed by atoms with van der Waals surface area (Å²) in [6, 6.07) is 8.02. The maximum atomic E-state index is 12.3. The number of hydrogen-bond donors (Lipinski definition) is 2. The molecule has 0 bridgehead atoms. The predicted molar refractivity (Wildman–Crippen MR) is 137 cm³/mol. The Balaban J connectivity index is 0.00000341. The van der Waals surface area contributed by atoms with Gasteiger partial charge in [0.2, 0.25) is 5.91 Å². The molecule has 2 saturated heterocycles. The molecule has 0 spiro atoms. The van der Waals surface area contributed by atoms with Crippen LogP contribution in [0.1, 0.15) is 38.7 Å².